The molecule has 1 aromatic carbocycles. The van der Waals surface area contributed by atoms with Gasteiger partial charge >= 0.3 is 0 Å². The minimum atomic E-state index is -0.0654. The molecule has 0 unspecified atom stereocenters. The number of nitrogens with zero attached hydrogens (tertiary/aromatic N) is 4. The molecule has 6 nitrogen and oxygen atoms in total. The normalized spacial score (nSPS) is 11.5. The minimum Gasteiger partial charge on any atom is -0.342 e. The van der Waals surface area contributed by atoms with E-state index in [1.54, 1.807) is 12.5 Å². The third-order valence-electron chi connectivity index (χ3n) is 4.03. The van der Waals surface area contributed by atoms with E-state index in [-0.39, 0.29) is 5.56 Å². The molecule has 3 heterocycles. The molecule has 0 aliphatic heterocycles. The summed E-state index contributed by atoms with van der Waals surface area (Å²) >= 11 is 0. The van der Waals surface area contributed by atoms with Crippen LogP contribution in [0.5, 0.6) is 0 Å². The maximum atomic E-state index is 12.5. The first kappa shape index (κ1) is 12.8. The van der Waals surface area contributed by atoms with E-state index in [0.29, 0.717) is 12.1 Å². The Balaban J connectivity index is 2.07. The summed E-state index contributed by atoms with van der Waals surface area (Å²) in [4.78, 5) is 20.2. The van der Waals surface area contributed by atoms with Crippen LogP contribution in [0.25, 0.3) is 22.4 Å². The molecule has 0 saturated carbocycles. The number of fused-ring (bicyclic) bond motifs is 2. The van der Waals surface area contributed by atoms with Gasteiger partial charge < -0.3 is 4.98 Å². The number of aromatic amines is 1. The van der Waals surface area contributed by atoms with E-state index in [0.717, 1.165) is 28.0 Å². The van der Waals surface area contributed by atoms with Gasteiger partial charge in [0.1, 0.15) is 12.0 Å². The maximum absolute atomic E-state index is 12.5. The van der Waals surface area contributed by atoms with E-state index in [4.69, 9.17) is 0 Å². The van der Waals surface area contributed by atoms with Crippen molar-refractivity contribution in [1.82, 2.24) is 24.1 Å². The van der Waals surface area contributed by atoms with Crippen LogP contribution in [0, 0.1) is 6.92 Å². The highest BCUT2D eigenvalue weighted by molar-refractivity contribution is 5.79. The van der Waals surface area contributed by atoms with Crippen molar-refractivity contribution in [1.29, 1.82) is 0 Å². The average molecular weight is 293 g/mol. The van der Waals surface area contributed by atoms with Gasteiger partial charge in [-0.25, -0.2) is 4.98 Å². The van der Waals surface area contributed by atoms with Crippen LogP contribution in [-0.4, -0.2) is 24.1 Å². The van der Waals surface area contributed by atoms with E-state index in [1.165, 1.54) is 4.52 Å². The van der Waals surface area contributed by atoms with Gasteiger partial charge in [-0.1, -0.05) is 19.1 Å². The molecular formula is C16H15N5O. The zero-order valence-electron chi connectivity index (χ0n) is 12.4. The molecule has 0 amide bonds. The smallest absolute Gasteiger partial charge is 0.277 e. The summed E-state index contributed by atoms with van der Waals surface area (Å²) in [6.45, 7) is 3.89. The summed E-state index contributed by atoms with van der Waals surface area (Å²) < 4.78 is 3.37. The van der Waals surface area contributed by atoms with Gasteiger partial charge in [0.25, 0.3) is 5.56 Å². The number of hydrogen-bond donors (Lipinski definition) is 1. The predicted molar refractivity (Wildman–Crippen MR) is 84.6 cm³/mol. The van der Waals surface area contributed by atoms with E-state index >= 15 is 0 Å². The van der Waals surface area contributed by atoms with Gasteiger partial charge in [0, 0.05) is 11.3 Å². The Morgan fingerprint density at radius 1 is 1.27 bits per heavy atom. The van der Waals surface area contributed by atoms with Crippen LogP contribution in [0.2, 0.25) is 0 Å². The second-order valence-corrected chi connectivity index (χ2v) is 5.28. The molecule has 22 heavy (non-hydrogen) atoms. The van der Waals surface area contributed by atoms with Crippen molar-refractivity contribution >= 4 is 16.7 Å². The van der Waals surface area contributed by atoms with E-state index in [9.17, 15) is 4.79 Å². The highest BCUT2D eigenvalue weighted by atomic mass is 16.1. The Morgan fingerprint density at radius 3 is 2.91 bits per heavy atom. The first-order chi connectivity index (χ1) is 10.7. The van der Waals surface area contributed by atoms with Gasteiger partial charge in [0.15, 0.2) is 5.65 Å². The first-order valence-corrected chi connectivity index (χ1v) is 7.22. The summed E-state index contributed by atoms with van der Waals surface area (Å²) in [6, 6.07) is 7.88. The highest BCUT2D eigenvalue weighted by Crippen LogP contribution is 2.20. The Morgan fingerprint density at radius 2 is 2.09 bits per heavy atom. The zero-order valence-corrected chi connectivity index (χ0v) is 12.4. The molecule has 6 heteroatoms. The lowest BCUT2D eigenvalue weighted by Gasteiger charge is -2.06. The van der Waals surface area contributed by atoms with Gasteiger partial charge in [-0.3, -0.25) is 9.36 Å². The lowest BCUT2D eigenvalue weighted by atomic mass is 10.2. The van der Waals surface area contributed by atoms with E-state index in [2.05, 4.69) is 15.1 Å². The molecule has 3 aromatic heterocycles. The molecule has 0 fully saturated rings. The Bertz CT molecular complexity index is 1050. The number of aryl methyl sites for hydroxylation is 1. The molecular weight excluding hydrogens is 278 g/mol. The SMILES string of the molecule is CCc1c(C)[nH]c2c(-n3cnc4ccccc43)cnn2c1=O. The van der Waals surface area contributed by atoms with Crippen molar-refractivity contribution in [3.63, 3.8) is 0 Å². The lowest BCUT2D eigenvalue weighted by molar-refractivity contribution is 0.853. The highest BCUT2D eigenvalue weighted by Gasteiger charge is 2.14. The van der Waals surface area contributed by atoms with Gasteiger partial charge in [-0.05, 0) is 25.5 Å². The number of imidazole rings is 1. The molecule has 0 bridgehead atoms. The molecule has 0 radical (unpaired) electrons. The van der Waals surface area contributed by atoms with Crippen LogP contribution in [0.15, 0.2) is 41.6 Å². The second-order valence-electron chi connectivity index (χ2n) is 5.28. The third-order valence-corrected chi connectivity index (χ3v) is 4.03. The number of nitrogens with one attached hydrogen (secondary N) is 1. The Labute approximate surface area is 126 Å². The van der Waals surface area contributed by atoms with Crippen LogP contribution >= 0.6 is 0 Å². The van der Waals surface area contributed by atoms with Crippen molar-refractivity contribution in [3.8, 4) is 5.69 Å². The Kier molecular flexibility index (Phi) is 2.66. The van der Waals surface area contributed by atoms with Crippen molar-refractivity contribution < 1.29 is 0 Å². The molecule has 1 N–H and O–H groups in total. The van der Waals surface area contributed by atoms with E-state index < -0.39 is 0 Å². The van der Waals surface area contributed by atoms with E-state index in [1.807, 2.05) is 42.7 Å². The summed E-state index contributed by atoms with van der Waals surface area (Å²) in [6.07, 6.45) is 4.13. The molecule has 110 valence electrons. The zero-order chi connectivity index (χ0) is 15.3. The molecule has 0 aliphatic rings. The van der Waals surface area contributed by atoms with Crippen LogP contribution < -0.4 is 5.56 Å². The standard InChI is InChI=1S/C16H15N5O/c1-3-11-10(2)19-15-14(8-18-21(15)16(11)22)20-9-17-12-6-4-5-7-13(12)20/h4-9,19H,3H2,1-2H3. The molecule has 0 atom stereocenters. The summed E-state index contributed by atoms with van der Waals surface area (Å²) in [5, 5.41) is 4.26. The number of para-hydroxylation sites is 2. The molecule has 0 saturated heterocycles. The van der Waals surface area contributed by atoms with Crippen LogP contribution in [-0.2, 0) is 6.42 Å². The molecule has 4 aromatic rings. The largest absolute Gasteiger partial charge is 0.342 e. The topological polar surface area (TPSA) is 68.0 Å². The van der Waals surface area contributed by atoms with Gasteiger partial charge in [-0.2, -0.15) is 9.61 Å². The minimum absolute atomic E-state index is 0.0654. The van der Waals surface area contributed by atoms with Crippen LogP contribution in [0.1, 0.15) is 18.2 Å². The van der Waals surface area contributed by atoms with Gasteiger partial charge in [-0.15, -0.1) is 0 Å². The molecule has 0 aliphatic carbocycles. The number of H-pyrrole nitrogens is 1. The fourth-order valence-electron chi connectivity index (χ4n) is 2.90. The summed E-state index contributed by atoms with van der Waals surface area (Å²) in [5.41, 5.74) is 4.97. The van der Waals surface area contributed by atoms with Gasteiger partial charge in [0.05, 0.1) is 17.2 Å². The van der Waals surface area contributed by atoms with Gasteiger partial charge in [0.2, 0.25) is 0 Å². The van der Waals surface area contributed by atoms with Crippen molar-refractivity contribution in [3.05, 3.63) is 58.4 Å². The first-order valence-electron chi connectivity index (χ1n) is 7.22. The fraction of sp³-hybridized carbons (Fsp3) is 0.188. The fourth-order valence-corrected chi connectivity index (χ4v) is 2.90. The van der Waals surface area contributed by atoms with Crippen molar-refractivity contribution in [2.75, 3.05) is 0 Å². The maximum Gasteiger partial charge on any atom is 0.277 e. The third kappa shape index (κ3) is 1.64. The predicted octanol–water partition coefficient (Wildman–Crippen LogP) is 2.23. The molecule has 0 spiro atoms. The van der Waals surface area contributed by atoms with Crippen LogP contribution in [0.3, 0.4) is 0 Å². The van der Waals surface area contributed by atoms with Crippen molar-refractivity contribution in [2.24, 2.45) is 0 Å². The number of benzene rings is 1. The lowest BCUT2D eigenvalue weighted by Crippen LogP contribution is -2.21. The van der Waals surface area contributed by atoms with Crippen LogP contribution in [0.4, 0.5) is 0 Å². The summed E-state index contributed by atoms with van der Waals surface area (Å²) in [7, 11) is 0. The second kappa shape index (κ2) is 4.56. The molecule has 4 rings (SSSR count). The number of aromatic nitrogens is 5. The van der Waals surface area contributed by atoms with Crippen molar-refractivity contribution in [2.45, 2.75) is 20.3 Å². The number of rotatable bonds is 2. The Hall–Kier alpha value is -2.89. The monoisotopic (exact) mass is 293 g/mol. The summed E-state index contributed by atoms with van der Waals surface area (Å²) in [5.74, 6) is 0. The average Bonchev–Trinajstić information content (AvgIpc) is 3.11. The number of hydrogen-bond acceptors (Lipinski definition) is 3. The quantitative estimate of drug-likeness (QED) is 0.616.